The summed E-state index contributed by atoms with van der Waals surface area (Å²) in [4.78, 5) is 36.4. The lowest BCUT2D eigenvalue weighted by Crippen LogP contribution is -2.47. The van der Waals surface area contributed by atoms with Crippen molar-refractivity contribution in [3.05, 3.63) is 33.2 Å². The first-order valence-electron chi connectivity index (χ1n) is 8.40. The number of aliphatic carboxylic acids is 1. The number of aryl methyl sites for hydroxylation is 1. The summed E-state index contributed by atoms with van der Waals surface area (Å²) in [6.45, 7) is 8.66. The van der Waals surface area contributed by atoms with E-state index in [1.807, 2.05) is 20.8 Å². The fourth-order valence-electron chi connectivity index (χ4n) is 2.47. The van der Waals surface area contributed by atoms with E-state index in [1.165, 1.54) is 13.0 Å². The summed E-state index contributed by atoms with van der Waals surface area (Å²) in [5.41, 5.74) is 0.954. The molecule has 1 rings (SSSR count). The minimum Gasteiger partial charge on any atom is -0.480 e. The van der Waals surface area contributed by atoms with Gasteiger partial charge in [0, 0.05) is 18.2 Å². The van der Waals surface area contributed by atoms with Crippen molar-refractivity contribution >= 4 is 11.9 Å². The first-order chi connectivity index (χ1) is 11.6. The fourth-order valence-corrected chi connectivity index (χ4v) is 2.47. The van der Waals surface area contributed by atoms with E-state index in [9.17, 15) is 23.9 Å². The summed E-state index contributed by atoms with van der Waals surface area (Å²) in [6, 6.07) is 0.0698. The molecule has 1 amide bonds. The van der Waals surface area contributed by atoms with Gasteiger partial charge in [-0.2, -0.15) is 0 Å². The predicted octanol–water partition coefficient (Wildman–Crippen LogP) is 2.30. The third-order valence-corrected chi connectivity index (χ3v) is 4.35. The van der Waals surface area contributed by atoms with Crippen LogP contribution in [0, 0.1) is 25.7 Å². The maximum atomic E-state index is 12.8. The molecule has 1 heterocycles. The van der Waals surface area contributed by atoms with Crippen LogP contribution in [0.3, 0.4) is 0 Å². The van der Waals surface area contributed by atoms with Gasteiger partial charge in [0.1, 0.15) is 11.6 Å². The van der Waals surface area contributed by atoms with Gasteiger partial charge in [-0.15, -0.1) is 0 Å². The van der Waals surface area contributed by atoms with E-state index in [1.54, 1.807) is 11.5 Å². The zero-order valence-electron chi connectivity index (χ0n) is 15.4. The zero-order valence-corrected chi connectivity index (χ0v) is 15.4. The minimum absolute atomic E-state index is 0.121. The normalized spacial score (nSPS) is 13.6. The van der Waals surface area contributed by atoms with Crippen LogP contribution in [0.5, 0.6) is 0 Å². The van der Waals surface area contributed by atoms with E-state index in [0.29, 0.717) is 12.5 Å². The topological polar surface area (TPSA) is 88.4 Å². The molecule has 2 N–H and O–H groups in total. The summed E-state index contributed by atoms with van der Waals surface area (Å²) < 4.78 is 14.3. The van der Waals surface area contributed by atoms with Gasteiger partial charge in [0.25, 0.3) is 11.5 Å². The van der Waals surface area contributed by atoms with Crippen molar-refractivity contribution in [2.45, 2.75) is 53.6 Å². The van der Waals surface area contributed by atoms with Gasteiger partial charge in [0.05, 0.1) is 6.67 Å². The first kappa shape index (κ1) is 20.9. The molecule has 0 saturated carbocycles. The summed E-state index contributed by atoms with van der Waals surface area (Å²) in [6.07, 6.45) is 0.780. The Morgan fingerprint density at radius 1 is 1.28 bits per heavy atom. The van der Waals surface area contributed by atoms with E-state index in [4.69, 9.17) is 0 Å². The highest BCUT2D eigenvalue weighted by molar-refractivity contribution is 5.96. The molecule has 0 spiro atoms. The number of halogens is 1. The van der Waals surface area contributed by atoms with Crippen molar-refractivity contribution in [1.82, 2.24) is 9.88 Å². The minimum atomic E-state index is -1.39. The number of nitrogens with one attached hydrogen (secondary N) is 1. The monoisotopic (exact) mass is 354 g/mol. The van der Waals surface area contributed by atoms with Crippen LogP contribution in [0.15, 0.2) is 10.9 Å². The molecule has 25 heavy (non-hydrogen) atoms. The number of aromatic nitrogens is 1. The molecule has 0 aliphatic carbocycles. The number of carboxylic acid groups (broad SMARTS) is 1. The Labute approximate surface area is 147 Å². The fraction of sp³-hybridized carbons (Fsp3) is 0.611. The molecule has 0 radical (unpaired) electrons. The number of carbonyl (C=O) groups is 2. The van der Waals surface area contributed by atoms with Crippen LogP contribution < -0.4 is 10.9 Å². The number of carboxylic acids is 1. The van der Waals surface area contributed by atoms with Gasteiger partial charge in [0.2, 0.25) is 0 Å². The van der Waals surface area contributed by atoms with Gasteiger partial charge in [-0.05, 0) is 37.8 Å². The highest BCUT2D eigenvalue weighted by atomic mass is 19.1. The molecule has 1 unspecified atom stereocenters. The molecule has 0 fully saturated rings. The predicted molar refractivity (Wildman–Crippen MR) is 93.7 cm³/mol. The maximum absolute atomic E-state index is 12.8. The Bertz CT molecular complexity index is 697. The van der Waals surface area contributed by atoms with E-state index in [0.717, 1.165) is 17.7 Å². The molecule has 1 aromatic heterocycles. The highest BCUT2D eigenvalue weighted by Gasteiger charge is 2.28. The standard InChI is InChI=1S/C18H27FN2O4/c1-10(2)6-7-21-13(5)11(3)8-14(17(21)23)16(22)20-15(18(24)25)12(4)9-19/h8,10,12,15H,6-7,9H2,1-5H3,(H,20,22)(H,24,25)/t12?,15-/m0/s1. The lowest BCUT2D eigenvalue weighted by Gasteiger charge is -2.20. The third kappa shape index (κ3) is 5.14. The Morgan fingerprint density at radius 3 is 2.36 bits per heavy atom. The van der Waals surface area contributed by atoms with Crippen molar-refractivity contribution < 1.29 is 19.1 Å². The average molecular weight is 354 g/mol. The molecule has 0 aromatic carbocycles. The van der Waals surface area contributed by atoms with E-state index in [2.05, 4.69) is 5.32 Å². The molecule has 6 nitrogen and oxygen atoms in total. The van der Waals surface area contributed by atoms with E-state index < -0.39 is 36.1 Å². The third-order valence-electron chi connectivity index (χ3n) is 4.35. The van der Waals surface area contributed by atoms with Gasteiger partial charge in [-0.25, -0.2) is 4.79 Å². The smallest absolute Gasteiger partial charge is 0.326 e. The van der Waals surface area contributed by atoms with E-state index >= 15 is 0 Å². The molecule has 140 valence electrons. The van der Waals surface area contributed by atoms with Crippen LogP contribution in [-0.4, -0.2) is 34.3 Å². The molecule has 0 aliphatic heterocycles. The lowest BCUT2D eigenvalue weighted by atomic mass is 10.0. The van der Waals surface area contributed by atoms with Gasteiger partial charge >= 0.3 is 5.97 Å². The van der Waals surface area contributed by atoms with Crippen molar-refractivity contribution in [2.75, 3.05) is 6.67 Å². The number of hydrogen-bond acceptors (Lipinski definition) is 3. The lowest BCUT2D eigenvalue weighted by molar-refractivity contribution is -0.140. The second-order valence-corrected chi connectivity index (χ2v) is 6.89. The van der Waals surface area contributed by atoms with Crippen molar-refractivity contribution in [1.29, 1.82) is 0 Å². The molecule has 0 saturated heterocycles. The number of carbonyl (C=O) groups excluding carboxylic acids is 1. The quantitative estimate of drug-likeness (QED) is 0.750. The molecule has 7 heteroatoms. The largest absolute Gasteiger partial charge is 0.480 e. The van der Waals surface area contributed by atoms with Gasteiger partial charge in [0.15, 0.2) is 0 Å². The Hall–Kier alpha value is -2.18. The van der Waals surface area contributed by atoms with Gasteiger partial charge < -0.3 is 15.0 Å². The number of hydrogen-bond donors (Lipinski definition) is 2. The van der Waals surface area contributed by atoms with Crippen LogP contribution in [0.2, 0.25) is 0 Å². The number of alkyl halides is 1. The molecule has 1 aromatic rings. The summed E-state index contributed by atoms with van der Waals surface area (Å²) in [5, 5.41) is 11.4. The van der Waals surface area contributed by atoms with Crippen molar-refractivity contribution in [2.24, 2.45) is 11.8 Å². The maximum Gasteiger partial charge on any atom is 0.326 e. The SMILES string of the molecule is Cc1cc(C(=O)N[C@H](C(=O)O)C(C)CF)c(=O)n(CCC(C)C)c1C. The van der Waals surface area contributed by atoms with Crippen molar-refractivity contribution in [3.63, 3.8) is 0 Å². The van der Waals surface area contributed by atoms with Crippen LogP contribution in [0.1, 0.15) is 48.8 Å². The molecule has 0 bridgehead atoms. The Kier molecular flexibility index (Phi) is 7.33. The van der Waals surface area contributed by atoms with Gasteiger partial charge in [-0.3, -0.25) is 14.0 Å². The first-order valence-corrected chi connectivity index (χ1v) is 8.40. The second kappa shape index (κ2) is 8.78. The second-order valence-electron chi connectivity index (χ2n) is 6.89. The van der Waals surface area contributed by atoms with Crippen LogP contribution in [-0.2, 0) is 11.3 Å². The number of pyridine rings is 1. The van der Waals surface area contributed by atoms with Gasteiger partial charge in [-0.1, -0.05) is 20.8 Å². The average Bonchev–Trinajstić information content (AvgIpc) is 2.54. The molecular formula is C18H27FN2O4. The zero-order chi connectivity index (χ0) is 19.3. The number of rotatable bonds is 8. The van der Waals surface area contributed by atoms with Crippen LogP contribution >= 0.6 is 0 Å². The summed E-state index contributed by atoms with van der Waals surface area (Å²) >= 11 is 0. The summed E-state index contributed by atoms with van der Waals surface area (Å²) in [7, 11) is 0. The van der Waals surface area contributed by atoms with Crippen LogP contribution in [0.25, 0.3) is 0 Å². The number of amides is 1. The van der Waals surface area contributed by atoms with Crippen molar-refractivity contribution in [3.8, 4) is 0 Å². The molecule has 2 atom stereocenters. The number of nitrogens with zero attached hydrogens (tertiary/aromatic N) is 1. The Morgan fingerprint density at radius 2 is 1.88 bits per heavy atom. The van der Waals surface area contributed by atoms with Crippen LogP contribution in [0.4, 0.5) is 4.39 Å². The Balaban J connectivity index is 3.21. The molecule has 0 aliphatic rings. The summed E-state index contributed by atoms with van der Waals surface area (Å²) in [5.74, 6) is -2.62. The molecular weight excluding hydrogens is 327 g/mol. The highest BCUT2D eigenvalue weighted by Crippen LogP contribution is 2.11. The van der Waals surface area contributed by atoms with E-state index in [-0.39, 0.29) is 5.56 Å².